The van der Waals surface area contributed by atoms with Gasteiger partial charge in [-0.3, -0.25) is 9.59 Å². The first-order chi connectivity index (χ1) is 9.54. The van der Waals surface area contributed by atoms with Crippen molar-refractivity contribution in [2.45, 2.75) is 18.9 Å². The third kappa shape index (κ3) is 3.71. The molecule has 1 aliphatic rings. The summed E-state index contributed by atoms with van der Waals surface area (Å²) in [6, 6.07) is 5.89. The van der Waals surface area contributed by atoms with Gasteiger partial charge in [0.15, 0.2) is 6.61 Å². The molecule has 20 heavy (non-hydrogen) atoms. The number of carboxylic acids is 1. The van der Waals surface area contributed by atoms with Crippen molar-refractivity contribution in [1.82, 2.24) is 5.32 Å². The highest BCUT2D eigenvalue weighted by molar-refractivity contribution is 5.99. The zero-order valence-corrected chi connectivity index (χ0v) is 10.6. The van der Waals surface area contributed by atoms with E-state index in [1.165, 1.54) is 6.07 Å². The molecule has 0 bridgehead atoms. The predicted octanol–water partition coefficient (Wildman–Crippen LogP) is 0.367. The van der Waals surface area contributed by atoms with Crippen LogP contribution in [-0.2, 0) is 14.4 Å². The van der Waals surface area contributed by atoms with Crippen molar-refractivity contribution < 1.29 is 24.2 Å². The molecule has 0 radical (unpaired) electrons. The van der Waals surface area contributed by atoms with E-state index >= 15 is 0 Å². The van der Waals surface area contributed by atoms with Gasteiger partial charge in [-0.05, 0) is 18.6 Å². The second-order valence-corrected chi connectivity index (χ2v) is 4.36. The molecule has 1 saturated heterocycles. The van der Waals surface area contributed by atoms with Crippen LogP contribution in [0.25, 0.3) is 0 Å². The van der Waals surface area contributed by atoms with Crippen LogP contribution < -0.4 is 15.4 Å². The molecule has 0 aliphatic carbocycles. The lowest BCUT2D eigenvalue weighted by molar-refractivity contribution is -0.139. The predicted molar refractivity (Wildman–Crippen MR) is 69.4 cm³/mol. The number of nitrogens with one attached hydrogen (secondary N) is 2. The van der Waals surface area contributed by atoms with Crippen molar-refractivity contribution in [1.29, 1.82) is 0 Å². The number of hydrogen-bond donors (Lipinski definition) is 3. The Morgan fingerprint density at radius 2 is 2.25 bits per heavy atom. The van der Waals surface area contributed by atoms with Gasteiger partial charge < -0.3 is 20.5 Å². The van der Waals surface area contributed by atoms with Crippen molar-refractivity contribution in [2.24, 2.45) is 0 Å². The van der Waals surface area contributed by atoms with E-state index in [-0.39, 0.29) is 11.8 Å². The van der Waals surface area contributed by atoms with Crippen LogP contribution in [0.15, 0.2) is 24.3 Å². The summed E-state index contributed by atoms with van der Waals surface area (Å²) < 4.78 is 5.01. The van der Waals surface area contributed by atoms with E-state index in [4.69, 9.17) is 9.84 Å². The maximum atomic E-state index is 11.9. The quantitative estimate of drug-likeness (QED) is 0.721. The molecule has 0 spiro atoms. The van der Waals surface area contributed by atoms with Gasteiger partial charge >= 0.3 is 5.97 Å². The third-order valence-corrected chi connectivity index (χ3v) is 2.78. The van der Waals surface area contributed by atoms with Gasteiger partial charge in [-0.2, -0.15) is 0 Å². The average Bonchev–Trinajstić information content (AvgIpc) is 2.84. The minimum Gasteiger partial charge on any atom is -0.482 e. The number of rotatable bonds is 5. The van der Waals surface area contributed by atoms with Crippen LogP contribution in [-0.4, -0.2) is 35.5 Å². The maximum Gasteiger partial charge on any atom is 0.341 e. The molecule has 1 aromatic carbocycles. The van der Waals surface area contributed by atoms with Crippen molar-refractivity contribution in [3.8, 4) is 5.75 Å². The SMILES string of the molecule is O=C(O)COc1cccc(NC(=O)C2CCC(=O)N2)c1. The summed E-state index contributed by atoms with van der Waals surface area (Å²) in [5, 5.41) is 13.7. The van der Waals surface area contributed by atoms with Crippen LogP contribution in [0, 0.1) is 0 Å². The summed E-state index contributed by atoms with van der Waals surface area (Å²) in [6.45, 7) is -0.448. The van der Waals surface area contributed by atoms with Gasteiger partial charge in [0.05, 0.1) is 0 Å². The van der Waals surface area contributed by atoms with Gasteiger partial charge in [-0.1, -0.05) is 6.07 Å². The minimum atomic E-state index is -1.08. The van der Waals surface area contributed by atoms with Crippen LogP contribution in [0.2, 0.25) is 0 Å². The van der Waals surface area contributed by atoms with Gasteiger partial charge in [0.25, 0.3) is 0 Å². The van der Waals surface area contributed by atoms with E-state index in [0.29, 0.717) is 24.3 Å². The van der Waals surface area contributed by atoms with Crippen molar-refractivity contribution in [3.05, 3.63) is 24.3 Å². The maximum absolute atomic E-state index is 11.9. The molecule has 1 heterocycles. The zero-order chi connectivity index (χ0) is 14.5. The Hall–Kier alpha value is -2.57. The largest absolute Gasteiger partial charge is 0.482 e. The van der Waals surface area contributed by atoms with Crippen molar-refractivity contribution in [3.63, 3.8) is 0 Å². The van der Waals surface area contributed by atoms with Crippen LogP contribution in [0.5, 0.6) is 5.75 Å². The number of benzene rings is 1. The molecule has 1 atom stereocenters. The number of carbonyl (C=O) groups is 3. The summed E-state index contributed by atoms with van der Waals surface area (Å²) in [7, 11) is 0. The highest BCUT2D eigenvalue weighted by atomic mass is 16.5. The Balaban J connectivity index is 1.95. The molecule has 1 fully saturated rings. The van der Waals surface area contributed by atoms with Gasteiger partial charge in [-0.15, -0.1) is 0 Å². The Kier molecular flexibility index (Phi) is 4.19. The van der Waals surface area contributed by atoms with Gasteiger partial charge in [0.1, 0.15) is 11.8 Å². The highest BCUT2D eigenvalue weighted by Gasteiger charge is 2.27. The number of hydrogen-bond acceptors (Lipinski definition) is 4. The second-order valence-electron chi connectivity index (χ2n) is 4.36. The number of ether oxygens (including phenoxy) is 1. The molecule has 0 saturated carbocycles. The molecule has 106 valence electrons. The molecule has 1 unspecified atom stereocenters. The third-order valence-electron chi connectivity index (χ3n) is 2.78. The fraction of sp³-hybridized carbons (Fsp3) is 0.308. The van der Waals surface area contributed by atoms with E-state index < -0.39 is 18.6 Å². The molecular weight excluding hydrogens is 264 g/mol. The van der Waals surface area contributed by atoms with Crippen LogP contribution in [0.3, 0.4) is 0 Å². The van der Waals surface area contributed by atoms with Crippen LogP contribution >= 0.6 is 0 Å². The highest BCUT2D eigenvalue weighted by Crippen LogP contribution is 2.18. The fourth-order valence-corrected chi connectivity index (χ4v) is 1.85. The summed E-state index contributed by atoms with van der Waals surface area (Å²) in [4.78, 5) is 33.3. The molecule has 7 heteroatoms. The summed E-state index contributed by atoms with van der Waals surface area (Å²) in [6.07, 6.45) is 0.819. The number of aliphatic carboxylic acids is 1. The number of anilines is 1. The molecule has 2 rings (SSSR count). The first-order valence-corrected chi connectivity index (χ1v) is 6.09. The summed E-state index contributed by atoms with van der Waals surface area (Å²) in [5.74, 6) is -1.16. The van der Waals surface area contributed by atoms with Gasteiger partial charge in [0.2, 0.25) is 11.8 Å². The Morgan fingerprint density at radius 1 is 1.45 bits per heavy atom. The minimum absolute atomic E-state index is 0.135. The average molecular weight is 278 g/mol. The lowest BCUT2D eigenvalue weighted by Crippen LogP contribution is -2.37. The molecule has 1 aliphatic heterocycles. The number of carbonyl (C=O) groups excluding carboxylic acids is 2. The standard InChI is InChI=1S/C13H14N2O5/c16-11-5-4-10(15-11)13(19)14-8-2-1-3-9(6-8)20-7-12(17)18/h1-3,6,10H,4-5,7H2,(H,14,19)(H,15,16)(H,17,18). The topological polar surface area (TPSA) is 105 Å². The molecule has 3 N–H and O–H groups in total. The van der Waals surface area contributed by atoms with E-state index in [9.17, 15) is 14.4 Å². The molecule has 2 amide bonds. The fourth-order valence-electron chi connectivity index (χ4n) is 1.85. The number of amides is 2. The van der Waals surface area contributed by atoms with E-state index in [2.05, 4.69) is 10.6 Å². The molecule has 7 nitrogen and oxygen atoms in total. The lowest BCUT2D eigenvalue weighted by atomic mass is 10.2. The molecule has 0 aromatic heterocycles. The first kappa shape index (κ1) is 13.9. The number of carboxylic acid groups (broad SMARTS) is 1. The second kappa shape index (κ2) is 6.05. The van der Waals surface area contributed by atoms with Crippen molar-refractivity contribution in [2.75, 3.05) is 11.9 Å². The van der Waals surface area contributed by atoms with Crippen molar-refractivity contribution >= 4 is 23.5 Å². The Morgan fingerprint density at radius 3 is 2.90 bits per heavy atom. The first-order valence-electron chi connectivity index (χ1n) is 6.09. The normalized spacial score (nSPS) is 17.4. The van der Waals surface area contributed by atoms with E-state index in [1.54, 1.807) is 18.2 Å². The van der Waals surface area contributed by atoms with Gasteiger partial charge in [0, 0.05) is 18.2 Å². The van der Waals surface area contributed by atoms with Gasteiger partial charge in [-0.25, -0.2) is 4.79 Å². The van der Waals surface area contributed by atoms with E-state index in [1.807, 2.05) is 0 Å². The Labute approximate surface area is 114 Å². The van der Waals surface area contributed by atoms with Crippen LogP contribution in [0.4, 0.5) is 5.69 Å². The Bertz CT molecular complexity index is 543. The zero-order valence-electron chi connectivity index (χ0n) is 10.6. The monoisotopic (exact) mass is 278 g/mol. The summed E-state index contributed by atoms with van der Waals surface area (Å²) in [5.41, 5.74) is 0.485. The molecular formula is C13H14N2O5. The van der Waals surface area contributed by atoms with Crippen LogP contribution in [0.1, 0.15) is 12.8 Å². The molecule has 1 aromatic rings. The smallest absolute Gasteiger partial charge is 0.341 e. The summed E-state index contributed by atoms with van der Waals surface area (Å²) >= 11 is 0. The lowest BCUT2D eigenvalue weighted by Gasteiger charge is -2.11. The van der Waals surface area contributed by atoms with E-state index in [0.717, 1.165) is 0 Å².